The molecule has 5 nitrogen and oxygen atoms in total. The molecule has 1 heterocycles. The first kappa shape index (κ1) is 12.2. The van der Waals surface area contributed by atoms with E-state index < -0.39 is 0 Å². The van der Waals surface area contributed by atoms with Gasteiger partial charge >= 0.3 is 0 Å². The number of rotatable bonds is 4. The summed E-state index contributed by atoms with van der Waals surface area (Å²) in [6.07, 6.45) is 0. The molecule has 0 unspecified atom stereocenters. The number of nitrogens with zero attached hydrogens (tertiary/aromatic N) is 3. The molecule has 0 aliphatic heterocycles. The van der Waals surface area contributed by atoms with E-state index in [1.807, 2.05) is 49.3 Å². The van der Waals surface area contributed by atoms with Gasteiger partial charge in [-0.3, -0.25) is 0 Å². The van der Waals surface area contributed by atoms with Crippen molar-refractivity contribution in [3.63, 3.8) is 0 Å². The normalized spacial score (nSPS) is 9.94. The second-order valence-electron chi connectivity index (χ2n) is 3.98. The molecule has 0 saturated heterocycles. The zero-order chi connectivity index (χ0) is 13.0. The van der Waals surface area contributed by atoms with Gasteiger partial charge in [-0.05, 0) is 12.1 Å². The Morgan fingerprint density at radius 3 is 2.44 bits per heavy atom. The summed E-state index contributed by atoms with van der Waals surface area (Å²) in [4.78, 5) is 10.5. The predicted molar refractivity (Wildman–Crippen MR) is 72.6 cm³/mol. The van der Waals surface area contributed by atoms with E-state index in [0.717, 1.165) is 5.69 Å². The molecule has 18 heavy (non-hydrogen) atoms. The molecule has 94 valence electrons. The van der Waals surface area contributed by atoms with Crippen LogP contribution in [0.5, 0.6) is 5.88 Å². The third-order valence-electron chi connectivity index (χ3n) is 2.35. The summed E-state index contributed by atoms with van der Waals surface area (Å²) in [5.41, 5.74) is 0.975. The molecule has 5 heteroatoms. The number of anilines is 3. The summed E-state index contributed by atoms with van der Waals surface area (Å²) in [5.74, 6) is 1.84. The van der Waals surface area contributed by atoms with E-state index >= 15 is 0 Å². The molecule has 0 aliphatic carbocycles. The molecule has 0 aliphatic rings. The van der Waals surface area contributed by atoms with Crippen LogP contribution in [0.3, 0.4) is 0 Å². The summed E-state index contributed by atoms with van der Waals surface area (Å²) in [7, 11) is 5.37. The Bertz CT molecular complexity index is 514. The fourth-order valence-electron chi connectivity index (χ4n) is 1.45. The summed E-state index contributed by atoms with van der Waals surface area (Å²) in [6, 6.07) is 11.6. The highest BCUT2D eigenvalue weighted by Gasteiger charge is 2.06. The molecule has 1 aromatic carbocycles. The fourth-order valence-corrected chi connectivity index (χ4v) is 1.45. The maximum atomic E-state index is 5.17. The average Bonchev–Trinajstić information content (AvgIpc) is 2.39. The number of hydrogen-bond donors (Lipinski definition) is 1. The minimum Gasteiger partial charge on any atom is -0.481 e. The number of ether oxygens (including phenoxy) is 1. The SMILES string of the molecule is COc1cc(Nc2ccccc2)nc(N(C)C)n1. The lowest BCUT2D eigenvalue weighted by Crippen LogP contribution is -2.13. The molecule has 0 spiro atoms. The standard InChI is InChI=1S/C13H16N4O/c1-17(2)13-15-11(9-12(16-13)18-3)14-10-7-5-4-6-8-10/h4-9H,1-3H3,(H,14,15,16). The van der Waals surface area contributed by atoms with Gasteiger partial charge in [0, 0.05) is 25.8 Å². The quantitative estimate of drug-likeness (QED) is 0.894. The van der Waals surface area contributed by atoms with E-state index in [2.05, 4.69) is 15.3 Å². The lowest BCUT2D eigenvalue weighted by Gasteiger charge is -2.13. The van der Waals surface area contributed by atoms with Crippen molar-refractivity contribution in [2.24, 2.45) is 0 Å². The highest BCUT2D eigenvalue weighted by Crippen LogP contribution is 2.20. The van der Waals surface area contributed by atoms with Gasteiger partial charge in [-0.1, -0.05) is 18.2 Å². The molecule has 2 rings (SSSR count). The summed E-state index contributed by atoms with van der Waals surface area (Å²) < 4.78 is 5.17. The summed E-state index contributed by atoms with van der Waals surface area (Å²) >= 11 is 0. The van der Waals surface area contributed by atoms with Crippen molar-refractivity contribution in [3.05, 3.63) is 36.4 Å². The molecule has 0 atom stereocenters. The van der Waals surface area contributed by atoms with Crippen LogP contribution in [-0.4, -0.2) is 31.2 Å². The van der Waals surface area contributed by atoms with Gasteiger partial charge in [0.2, 0.25) is 11.8 Å². The van der Waals surface area contributed by atoms with Crippen LogP contribution >= 0.6 is 0 Å². The Morgan fingerprint density at radius 1 is 1.11 bits per heavy atom. The molecule has 0 amide bonds. The van der Waals surface area contributed by atoms with Crippen LogP contribution in [0.4, 0.5) is 17.5 Å². The molecule has 2 aromatic rings. The topological polar surface area (TPSA) is 50.3 Å². The molecule has 0 radical (unpaired) electrons. The smallest absolute Gasteiger partial charge is 0.230 e. The first-order chi connectivity index (χ1) is 8.69. The van der Waals surface area contributed by atoms with E-state index in [-0.39, 0.29) is 0 Å². The number of benzene rings is 1. The summed E-state index contributed by atoms with van der Waals surface area (Å²) in [5, 5.41) is 3.22. The van der Waals surface area contributed by atoms with Crippen molar-refractivity contribution in [1.29, 1.82) is 0 Å². The highest BCUT2D eigenvalue weighted by molar-refractivity contribution is 5.58. The van der Waals surface area contributed by atoms with Crippen LogP contribution in [0, 0.1) is 0 Å². The Labute approximate surface area is 106 Å². The average molecular weight is 244 g/mol. The van der Waals surface area contributed by atoms with Crippen LogP contribution in [0.1, 0.15) is 0 Å². The zero-order valence-corrected chi connectivity index (χ0v) is 10.7. The van der Waals surface area contributed by atoms with Crippen molar-refractivity contribution in [2.75, 3.05) is 31.4 Å². The van der Waals surface area contributed by atoms with Gasteiger partial charge < -0.3 is 15.0 Å². The lowest BCUT2D eigenvalue weighted by molar-refractivity contribution is 0.397. The van der Waals surface area contributed by atoms with E-state index in [1.54, 1.807) is 13.2 Å². The molecule has 0 fully saturated rings. The van der Waals surface area contributed by atoms with E-state index in [1.165, 1.54) is 0 Å². The lowest BCUT2D eigenvalue weighted by atomic mass is 10.3. The summed E-state index contributed by atoms with van der Waals surface area (Å²) in [6.45, 7) is 0. The Hall–Kier alpha value is -2.30. The molecule has 1 N–H and O–H groups in total. The molecule has 0 saturated carbocycles. The van der Waals surface area contributed by atoms with Crippen molar-refractivity contribution >= 4 is 17.5 Å². The Morgan fingerprint density at radius 2 is 1.83 bits per heavy atom. The minimum atomic E-state index is 0.534. The Kier molecular flexibility index (Phi) is 3.62. The van der Waals surface area contributed by atoms with Crippen molar-refractivity contribution in [1.82, 2.24) is 9.97 Å². The first-order valence-electron chi connectivity index (χ1n) is 5.61. The van der Waals surface area contributed by atoms with E-state index in [4.69, 9.17) is 4.74 Å². The van der Waals surface area contributed by atoms with Gasteiger partial charge in [-0.2, -0.15) is 9.97 Å². The van der Waals surface area contributed by atoms with Gasteiger partial charge in [0.05, 0.1) is 7.11 Å². The predicted octanol–water partition coefficient (Wildman–Crippen LogP) is 2.29. The van der Waals surface area contributed by atoms with Crippen LogP contribution in [0.2, 0.25) is 0 Å². The van der Waals surface area contributed by atoms with Crippen molar-refractivity contribution < 1.29 is 4.74 Å². The van der Waals surface area contributed by atoms with Gasteiger partial charge in [-0.25, -0.2) is 0 Å². The Balaban J connectivity index is 2.30. The third-order valence-corrected chi connectivity index (χ3v) is 2.35. The largest absolute Gasteiger partial charge is 0.481 e. The van der Waals surface area contributed by atoms with Crippen molar-refractivity contribution in [3.8, 4) is 5.88 Å². The number of aromatic nitrogens is 2. The van der Waals surface area contributed by atoms with Gasteiger partial charge in [-0.15, -0.1) is 0 Å². The van der Waals surface area contributed by atoms with Crippen LogP contribution in [-0.2, 0) is 0 Å². The first-order valence-corrected chi connectivity index (χ1v) is 5.61. The monoisotopic (exact) mass is 244 g/mol. The number of para-hydroxylation sites is 1. The number of nitrogens with one attached hydrogen (secondary N) is 1. The molecule has 0 bridgehead atoms. The van der Waals surface area contributed by atoms with Gasteiger partial charge in [0.1, 0.15) is 5.82 Å². The zero-order valence-electron chi connectivity index (χ0n) is 10.7. The molecular formula is C13H16N4O. The minimum absolute atomic E-state index is 0.534. The van der Waals surface area contributed by atoms with Crippen molar-refractivity contribution in [2.45, 2.75) is 0 Å². The van der Waals surface area contributed by atoms with Gasteiger partial charge in [0.15, 0.2) is 0 Å². The van der Waals surface area contributed by atoms with E-state index in [0.29, 0.717) is 17.6 Å². The second kappa shape index (κ2) is 5.35. The van der Waals surface area contributed by atoms with E-state index in [9.17, 15) is 0 Å². The highest BCUT2D eigenvalue weighted by atomic mass is 16.5. The molecular weight excluding hydrogens is 228 g/mol. The third kappa shape index (κ3) is 2.88. The molecule has 1 aromatic heterocycles. The maximum Gasteiger partial charge on any atom is 0.230 e. The maximum absolute atomic E-state index is 5.17. The van der Waals surface area contributed by atoms with Crippen LogP contribution in [0.25, 0.3) is 0 Å². The van der Waals surface area contributed by atoms with Crippen LogP contribution in [0.15, 0.2) is 36.4 Å². The second-order valence-corrected chi connectivity index (χ2v) is 3.98. The van der Waals surface area contributed by atoms with Crippen LogP contribution < -0.4 is 15.0 Å². The van der Waals surface area contributed by atoms with Gasteiger partial charge in [0.25, 0.3) is 0 Å². The fraction of sp³-hybridized carbons (Fsp3) is 0.231. The number of hydrogen-bond acceptors (Lipinski definition) is 5. The number of methoxy groups -OCH3 is 1.